The third-order valence-electron chi connectivity index (χ3n) is 13.4. The summed E-state index contributed by atoms with van der Waals surface area (Å²) in [5.41, 5.74) is 0. The van der Waals surface area contributed by atoms with Crippen LogP contribution in [0.15, 0.2) is 0 Å². The van der Waals surface area contributed by atoms with Gasteiger partial charge in [-0.15, -0.1) is 0 Å². The molecule has 0 aromatic heterocycles. The van der Waals surface area contributed by atoms with Crippen molar-refractivity contribution in [3.63, 3.8) is 0 Å². The fourth-order valence-corrected chi connectivity index (χ4v) is 10.00. The van der Waals surface area contributed by atoms with Crippen LogP contribution >= 0.6 is 7.82 Å². The second kappa shape index (κ2) is 41.3. The molecule has 0 bridgehead atoms. The average molecular weight is 936 g/mol. The van der Waals surface area contributed by atoms with Gasteiger partial charge < -0.3 is 40.8 Å². The van der Waals surface area contributed by atoms with Gasteiger partial charge in [-0.2, -0.15) is 0 Å². The highest BCUT2D eigenvalue weighted by Crippen LogP contribution is 2.47. The SMILES string of the molecule is CCCCCCCCCCCCCCCCCCCCCCCCCCCC(=O)N[C@@H](COP(=O)(O)OC1C(O)C(O)C(O)[C@@H](O)C1O)[C@H](O)CCCCCCCCCCCCCC. The van der Waals surface area contributed by atoms with E-state index in [1.807, 2.05) is 0 Å². The van der Waals surface area contributed by atoms with Gasteiger partial charge in [-0.3, -0.25) is 13.8 Å². The van der Waals surface area contributed by atoms with Crippen LogP contribution in [0.5, 0.6) is 0 Å². The summed E-state index contributed by atoms with van der Waals surface area (Å²) in [6.45, 7) is 3.91. The van der Waals surface area contributed by atoms with Crippen molar-refractivity contribution < 1.29 is 53.9 Å². The van der Waals surface area contributed by atoms with Crippen LogP contribution in [0, 0.1) is 0 Å². The van der Waals surface area contributed by atoms with E-state index < -0.39 is 63.2 Å². The van der Waals surface area contributed by atoms with Crippen LogP contribution in [0.2, 0.25) is 0 Å². The van der Waals surface area contributed by atoms with Crippen LogP contribution in [-0.2, 0) is 18.4 Å². The van der Waals surface area contributed by atoms with Crippen LogP contribution in [0.4, 0.5) is 0 Å². The van der Waals surface area contributed by atoms with Crippen LogP contribution in [0.3, 0.4) is 0 Å². The number of amides is 1. The minimum absolute atomic E-state index is 0.243. The molecule has 0 saturated heterocycles. The van der Waals surface area contributed by atoms with Gasteiger partial charge in [-0.05, 0) is 12.8 Å². The molecule has 9 atom stereocenters. The van der Waals surface area contributed by atoms with Crippen molar-refractivity contribution in [3.05, 3.63) is 0 Å². The number of hydrogen-bond donors (Lipinski definition) is 8. The van der Waals surface area contributed by atoms with Gasteiger partial charge in [0.15, 0.2) is 0 Å². The Morgan fingerprint density at radius 3 is 1.08 bits per heavy atom. The first-order valence-corrected chi connectivity index (χ1v) is 28.5. The molecule has 1 aliphatic rings. The molecule has 382 valence electrons. The summed E-state index contributed by atoms with van der Waals surface area (Å²) in [5.74, 6) is -0.302. The molecule has 8 N–H and O–H groups in total. The van der Waals surface area contributed by atoms with E-state index in [0.29, 0.717) is 19.3 Å². The Balaban J connectivity index is 2.29. The molecule has 0 heterocycles. The van der Waals surface area contributed by atoms with Gasteiger partial charge in [0.1, 0.15) is 36.6 Å². The van der Waals surface area contributed by atoms with E-state index >= 15 is 0 Å². The minimum Gasteiger partial charge on any atom is -0.391 e. The fourth-order valence-electron chi connectivity index (χ4n) is 9.03. The Morgan fingerprint density at radius 1 is 0.469 bits per heavy atom. The lowest BCUT2D eigenvalue weighted by atomic mass is 9.85. The van der Waals surface area contributed by atoms with E-state index in [9.17, 15) is 44.9 Å². The normalized spacial score (nSPS) is 22.1. The number of hydrogen-bond acceptors (Lipinski definition) is 10. The van der Waals surface area contributed by atoms with Gasteiger partial charge >= 0.3 is 7.82 Å². The second-order valence-electron chi connectivity index (χ2n) is 19.4. The van der Waals surface area contributed by atoms with Crippen molar-refractivity contribution in [1.82, 2.24) is 5.32 Å². The number of aliphatic hydroxyl groups is 6. The topological polar surface area (TPSA) is 206 Å². The number of unbranched alkanes of at least 4 members (excludes halogenated alkanes) is 35. The maximum Gasteiger partial charge on any atom is 0.472 e. The lowest BCUT2D eigenvalue weighted by Gasteiger charge is -2.41. The third-order valence-corrected chi connectivity index (χ3v) is 14.4. The summed E-state index contributed by atoms with van der Waals surface area (Å²) in [6.07, 6.45) is 34.4. The Bertz CT molecular complexity index is 1090. The zero-order valence-electron chi connectivity index (χ0n) is 41.1. The summed E-state index contributed by atoms with van der Waals surface area (Å²) in [7, 11) is -5.05. The van der Waals surface area contributed by atoms with Gasteiger partial charge in [0.2, 0.25) is 5.91 Å². The second-order valence-corrected chi connectivity index (χ2v) is 20.8. The van der Waals surface area contributed by atoms with E-state index in [0.717, 1.165) is 38.5 Å². The van der Waals surface area contributed by atoms with Crippen LogP contribution in [-0.4, -0.2) is 96.8 Å². The zero-order valence-corrected chi connectivity index (χ0v) is 42.0. The number of carbonyl (C=O) groups is 1. The van der Waals surface area contributed by atoms with Crippen LogP contribution < -0.4 is 5.32 Å². The average Bonchev–Trinajstić information content (AvgIpc) is 3.28. The predicted octanol–water partition coefficient (Wildman–Crippen LogP) is 11.4. The first kappa shape index (κ1) is 61.4. The van der Waals surface area contributed by atoms with Crippen molar-refractivity contribution in [2.75, 3.05) is 6.61 Å². The molecular weight excluding hydrogens is 834 g/mol. The third kappa shape index (κ3) is 32.2. The molecule has 0 spiro atoms. The molecule has 0 aliphatic heterocycles. The molecule has 6 unspecified atom stereocenters. The lowest BCUT2D eigenvalue weighted by molar-refractivity contribution is -0.220. The fraction of sp³-hybridized carbons (Fsp3) is 0.980. The Kier molecular flexibility index (Phi) is 39.6. The summed E-state index contributed by atoms with van der Waals surface area (Å²) in [4.78, 5) is 23.5. The van der Waals surface area contributed by atoms with Crippen LogP contribution in [0.25, 0.3) is 0 Å². The number of phosphoric ester groups is 1. The van der Waals surface area contributed by atoms with E-state index in [1.54, 1.807) is 0 Å². The number of aliphatic hydroxyl groups excluding tert-OH is 6. The summed E-state index contributed by atoms with van der Waals surface area (Å²) in [5, 5.41) is 64.3. The number of phosphoric acid groups is 1. The molecule has 0 aromatic rings. The molecule has 1 amide bonds. The first-order valence-electron chi connectivity index (χ1n) is 27.0. The molecule has 12 nitrogen and oxygen atoms in total. The number of rotatable bonds is 46. The van der Waals surface area contributed by atoms with E-state index in [-0.39, 0.29) is 12.3 Å². The molecule has 13 heteroatoms. The minimum atomic E-state index is -5.05. The van der Waals surface area contributed by atoms with Crippen LogP contribution in [0.1, 0.15) is 264 Å². The maximum atomic E-state index is 13.0. The molecule has 1 rings (SSSR count). The lowest BCUT2D eigenvalue weighted by Crippen LogP contribution is -2.64. The number of nitrogens with one attached hydrogen (secondary N) is 1. The first-order chi connectivity index (χ1) is 30.9. The Hall–Kier alpha value is -0.660. The summed E-state index contributed by atoms with van der Waals surface area (Å²) < 4.78 is 23.0. The largest absolute Gasteiger partial charge is 0.472 e. The molecule has 1 saturated carbocycles. The molecule has 64 heavy (non-hydrogen) atoms. The van der Waals surface area contributed by atoms with E-state index in [2.05, 4.69) is 19.2 Å². The highest BCUT2D eigenvalue weighted by molar-refractivity contribution is 7.47. The van der Waals surface area contributed by atoms with Gasteiger partial charge in [-0.25, -0.2) is 4.57 Å². The molecule has 0 aromatic carbocycles. The molecule has 1 fully saturated rings. The van der Waals surface area contributed by atoms with Crippen molar-refractivity contribution in [2.45, 2.75) is 313 Å². The molecular formula is C51H102NO11P. The van der Waals surface area contributed by atoms with Crippen molar-refractivity contribution in [3.8, 4) is 0 Å². The highest BCUT2D eigenvalue weighted by atomic mass is 31.2. The van der Waals surface area contributed by atoms with E-state index in [4.69, 9.17) is 9.05 Å². The maximum absolute atomic E-state index is 13.0. The predicted molar refractivity (Wildman–Crippen MR) is 260 cm³/mol. The van der Waals surface area contributed by atoms with Crippen molar-refractivity contribution in [2.24, 2.45) is 0 Å². The van der Waals surface area contributed by atoms with Gasteiger partial charge in [0.05, 0.1) is 18.8 Å². The smallest absolute Gasteiger partial charge is 0.391 e. The Morgan fingerprint density at radius 2 is 0.750 bits per heavy atom. The van der Waals surface area contributed by atoms with Crippen molar-refractivity contribution in [1.29, 1.82) is 0 Å². The van der Waals surface area contributed by atoms with Gasteiger partial charge in [0.25, 0.3) is 0 Å². The molecule has 0 radical (unpaired) electrons. The zero-order chi connectivity index (χ0) is 47.1. The van der Waals surface area contributed by atoms with Gasteiger partial charge in [-0.1, -0.05) is 245 Å². The van der Waals surface area contributed by atoms with Crippen molar-refractivity contribution >= 4 is 13.7 Å². The standard InChI is InChI=1S/C51H102NO11P/c1-3-5-7-9-11-13-15-17-18-19-20-21-22-23-24-25-26-27-28-29-31-33-35-37-39-41-45(54)52-43(44(53)40-38-36-34-32-30-16-14-12-10-8-6-4-2)42-62-64(60,61)63-51-49(58)47(56)46(55)48(57)50(51)59/h43-44,46-51,53,55-59H,3-42H2,1-2H3,(H,52,54)(H,60,61)/t43-,44+,46?,47+,48?,49?,50?,51?/m0/s1. The monoisotopic (exact) mass is 936 g/mol. The van der Waals surface area contributed by atoms with Gasteiger partial charge in [0, 0.05) is 6.42 Å². The van der Waals surface area contributed by atoms with E-state index in [1.165, 1.54) is 186 Å². The summed E-state index contributed by atoms with van der Waals surface area (Å²) >= 11 is 0. The summed E-state index contributed by atoms with van der Waals surface area (Å²) in [6, 6.07) is -1.03. The number of carbonyl (C=O) groups excluding carboxylic acids is 1. The quantitative estimate of drug-likeness (QED) is 0.0213. The Labute approximate surface area is 391 Å². The highest BCUT2D eigenvalue weighted by Gasteiger charge is 2.51. The molecule has 1 aliphatic carbocycles.